The van der Waals surface area contributed by atoms with E-state index in [1.54, 1.807) is 47.0 Å². The molecule has 54 heavy (non-hydrogen) atoms. The van der Waals surface area contributed by atoms with Gasteiger partial charge in [-0.15, -0.1) is 90.6 Å². The number of benzene rings is 1. The van der Waals surface area contributed by atoms with Crippen LogP contribution in [0.3, 0.4) is 0 Å². The predicted octanol–water partition coefficient (Wildman–Crippen LogP) is 16.7. The van der Waals surface area contributed by atoms with E-state index in [-0.39, 0.29) is 10.6 Å². The van der Waals surface area contributed by atoms with Crippen LogP contribution in [0.1, 0.15) is 25.0 Å². The van der Waals surface area contributed by atoms with Gasteiger partial charge in [-0.3, -0.25) is 0 Å². The summed E-state index contributed by atoms with van der Waals surface area (Å²) in [5, 5.41) is -0.167. The van der Waals surface area contributed by atoms with Crippen molar-refractivity contribution in [2.75, 3.05) is 63.3 Å². The van der Waals surface area contributed by atoms with Gasteiger partial charge in [-0.2, -0.15) is 0 Å². The van der Waals surface area contributed by atoms with Crippen molar-refractivity contribution in [2.45, 2.75) is 25.4 Å². The summed E-state index contributed by atoms with van der Waals surface area (Å²) < 4.78 is 26.4. The Kier molecular flexibility index (Phi) is 19.1. The molecule has 0 N–H and O–H groups in total. The molecule has 4 aliphatic heterocycles. The third-order valence-electron chi connectivity index (χ3n) is 7.27. The zero-order valence-corrected chi connectivity index (χ0v) is 44.4. The highest BCUT2D eigenvalue weighted by Gasteiger charge is 2.40. The number of carbonyl (C=O) groups is 2. The number of carbonyl (C=O) groups excluding carboxylic acids is 2. The number of hydrogen-bond donors (Lipinski definition) is 0. The van der Waals surface area contributed by atoms with Gasteiger partial charge in [0.15, 0.2) is 0 Å². The largest absolute Gasteiger partial charge is 0.459 e. The average molecular weight is 1030 g/mol. The van der Waals surface area contributed by atoms with Crippen molar-refractivity contribution >= 4 is 195 Å². The number of rotatable bonds is 14. The molecule has 298 valence electrons. The van der Waals surface area contributed by atoms with Crippen LogP contribution < -0.4 is 0 Å². The van der Waals surface area contributed by atoms with Gasteiger partial charge in [0, 0.05) is 11.5 Å². The summed E-state index contributed by atoms with van der Waals surface area (Å²) in [6.07, 6.45) is 16.8. The lowest BCUT2D eigenvalue weighted by Crippen LogP contribution is -2.12. The molecule has 20 heteroatoms. The summed E-state index contributed by atoms with van der Waals surface area (Å²) in [4.78, 5) is 25.8. The fourth-order valence-electron chi connectivity index (χ4n) is 4.44. The van der Waals surface area contributed by atoms with E-state index in [2.05, 4.69) is 74.3 Å². The monoisotopic (exact) mass is 1030 g/mol. The van der Waals surface area contributed by atoms with E-state index in [0.717, 1.165) is 11.5 Å². The second kappa shape index (κ2) is 21.8. The predicted molar refractivity (Wildman–Crippen MR) is 279 cm³/mol. The zero-order valence-electron chi connectivity index (χ0n) is 31.3. The third kappa shape index (κ3) is 11.4. The van der Waals surface area contributed by atoms with Gasteiger partial charge < -0.3 is 9.47 Å². The lowest BCUT2D eigenvalue weighted by molar-refractivity contribution is 0.180. The van der Waals surface area contributed by atoms with Crippen molar-refractivity contribution in [3.8, 4) is 0 Å². The van der Waals surface area contributed by atoms with E-state index < -0.39 is 20.1 Å². The first-order valence-corrected chi connectivity index (χ1v) is 34.3. The minimum Gasteiger partial charge on any atom is -0.459 e. The van der Waals surface area contributed by atoms with Gasteiger partial charge >= 0.3 is 10.6 Å². The maximum Gasteiger partial charge on any atom is 0.353 e. The van der Waals surface area contributed by atoms with Crippen molar-refractivity contribution in [3.63, 3.8) is 0 Å². The van der Waals surface area contributed by atoms with Gasteiger partial charge in [0.05, 0.1) is 64.1 Å². The van der Waals surface area contributed by atoms with Crippen LogP contribution >= 0.6 is 185 Å². The van der Waals surface area contributed by atoms with Gasteiger partial charge in [-0.05, 0) is 75.0 Å². The molecular weight excluding hydrogens is 985 g/mol. The first-order chi connectivity index (χ1) is 25.8. The van der Waals surface area contributed by atoms with Gasteiger partial charge in [-0.1, -0.05) is 118 Å². The van der Waals surface area contributed by atoms with Crippen molar-refractivity contribution in [1.29, 1.82) is 0 Å². The van der Waals surface area contributed by atoms with Crippen molar-refractivity contribution in [2.24, 2.45) is 0 Å². The molecule has 5 rings (SSSR count). The second-order valence-corrected chi connectivity index (χ2v) is 34.8. The number of thioether (sulfide) groups is 14. The molecule has 0 fully saturated rings. The molecule has 4 nitrogen and oxygen atoms in total. The Balaban J connectivity index is 1.16. The molecule has 0 atom stereocenters. The highest BCUT2D eigenvalue weighted by molar-refractivity contribution is 8.57. The topological polar surface area (TPSA) is 52.6 Å². The fraction of sp³-hybridized carbons (Fsp3) is 0.412. The van der Waals surface area contributed by atoms with E-state index >= 15 is 0 Å². The average Bonchev–Trinajstić information content (AvgIpc) is 3.97. The first-order valence-electron chi connectivity index (χ1n) is 16.0. The van der Waals surface area contributed by atoms with Crippen LogP contribution in [0, 0.1) is 0 Å². The van der Waals surface area contributed by atoms with Gasteiger partial charge in [0.1, 0.15) is 0 Å². The van der Waals surface area contributed by atoms with Gasteiger partial charge in [-0.25, -0.2) is 9.59 Å². The Labute approximate surface area is 384 Å². The van der Waals surface area contributed by atoms with Crippen LogP contribution in [0.2, 0.25) is 0 Å². The molecule has 0 bridgehead atoms. The molecule has 0 aromatic heterocycles. The normalized spacial score (nSPS) is 21.7. The fourth-order valence-corrected chi connectivity index (χ4v) is 30.3. The Morgan fingerprint density at radius 3 is 1.11 bits per heavy atom. The Bertz CT molecular complexity index is 1690. The number of hydrogen-bond acceptors (Lipinski definition) is 18. The summed E-state index contributed by atoms with van der Waals surface area (Å²) in [6, 6.07) is 9.12. The molecule has 4 aliphatic rings. The maximum atomic E-state index is 12.9. The standard InChI is InChI=1S/C34H42O4S16/c1-11-37-33(35)53(7,8)31-29(41-5)49-27(51-31)25-45-21(39-3)23(47-25)43-17-19-13-15-20(16-14-19)18-44-24-22(40-4)46-26(48-24)28-50-30(42-6)32(52-28)54(9,10)34(36)38-12-2/h13-16H,11-12,17-18H2,1-10H3/b27-25+,28-26+. The Morgan fingerprint density at radius 2 is 0.796 bits per heavy atom. The summed E-state index contributed by atoms with van der Waals surface area (Å²) in [6.45, 7) is 4.57. The van der Waals surface area contributed by atoms with Crippen LogP contribution in [0.25, 0.3) is 0 Å². The quantitative estimate of drug-likeness (QED) is 0.166. The van der Waals surface area contributed by atoms with E-state index in [1.807, 2.05) is 131 Å². The smallest absolute Gasteiger partial charge is 0.353 e. The molecule has 0 saturated carbocycles. The highest BCUT2D eigenvalue weighted by atomic mass is 32.3. The Morgan fingerprint density at radius 1 is 0.500 bits per heavy atom. The van der Waals surface area contributed by atoms with Crippen molar-refractivity contribution in [1.82, 2.24) is 0 Å². The van der Waals surface area contributed by atoms with Gasteiger partial charge in [0.2, 0.25) is 0 Å². The van der Waals surface area contributed by atoms with Crippen molar-refractivity contribution < 1.29 is 19.1 Å². The maximum absolute atomic E-state index is 12.9. The Hall–Kier alpha value is 2.20. The lowest BCUT2D eigenvalue weighted by Gasteiger charge is -2.29. The molecule has 4 heterocycles. The van der Waals surface area contributed by atoms with Crippen molar-refractivity contribution in [3.05, 3.63) is 86.2 Å². The molecule has 1 aromatic rings. The van der Waals surface area contributed by atoms with Crippen LogP contribution in [0.5, 0.6) is 0 Å². The molecule has 0 amide bonds. The second-order valence-electron chi connectivity index (χ2n) is 11.5. The molecule has 0 saturated heterocycles. The summed E-state index contributed by atoms with van der Waals surface area (Å²) in [5.74, 6) is 1.85. The van der Waals surface area contributed by atoms with Crippen LogP contribution in [0.4, 0.5) is 9.59 Å². The summed E-state index contributed by atoms with van der Waals surface area (Å²) in [7, 11) is -3.40. The lowest BCUT2D eigenvalue weighted by atomic mass is 10.2. The van der Waals surface area contributed by atoms with E-state index in [0.29, 0.717) is 13.2 Å². The minimum absolute atomic E-state index is 0.0833. The molecular formula is C34H42O4S16. The van der Waals surface area contributed by atoms with E-state index in [4.69, 9.17) is 9.47 Å². The van der Waals surface area contributed by atoms with E-state index in [1.165, 1.54) is 62.0 Å². The summed E-state index contributed by atoms with van der Waals surface area (Å²) >= 11 is 25.6. The first kappa shape index (κ1) is 47.3. The summed E-state index contributed by atoms with van der Waals surface area (Å²) in [5.41, 5.74) is 2.65. The molecule has 0 spiro atoms. The molecule has 0 radical (unpaired) electrons. The zero-order chi connectivity index (χ0) is 39.2. The van der Waals surface area contributed by atoms with Crippen LogP contribution in [-0.2, 0) is 21.0 Å². The van der Waals surface area contributed by atoms with Gasteiger partial charge in [0.25, 0.3) is 0 Å². The van der Waals surface area contributed by atoms with Crippen LogP contribution in [0.15, 0.2) is 75.1 Å². The molecule has 0 aliphatic carbocycles. The third-order valence-corrected chi connectivity index (χ3v) is 34.2. The SMILES string of the molecule is CCOC(=O)S(C)(C)C1=C(SC)S/C(=C2/SC(SC)=C(SCc3ccc(CSC4=C(SC)S/C(=C5/SC(SC)=C(S(C)(C)C(=O)OCC)S5)S4)cc3)S2)S1. The van der Waals surface area contributed by atoms with E-state index in [9.17, 15) is 9.59 Å². The molecule has 0 unspecified atom stereocenters. The van der Waals surface area contributed by atoms with Crippen LogP contribution in [-0.4, -0.2) is 73.9 Å². The highest BCUT2D eigenvalue weighted by Crippen LogP contribution is 2.72. The number of ether oxygens (including phenoxy) is 2. The minimum atomic E-state index is -1.70. The molecule has 1 aromatic carbocycles.